The molecule has 122 heavy (non-hydrogen) atoms. The lowest BCUT2D eigenvalue weighted by Gasteiger charge is -2.60. The van der Waals surface area contributed by atoms with Crippen molar-refractivity contribution in [1.82, 2.24) is 15.0 Å². The van der Waals surface area contributed by atoms with Gasteiger partial charge in [-0.15, -0.1) is 0 Å². The summed E-state index contributed by atoms with van der Waals surface area (Å²) in [5.41, 5.74) is 23.9. The van der Waals surface area contributed by atoms with Crippen LogP contribution in [0.1, 0.15) is 263 Å². The number of nitrogens with zero attached hydrogens (tertiary/aromatic N) is 8. The number of anilines is 9. The van der Waals surface area contributed by atoms with E-state index in [1.807, 2.05) is 92.2 Å². The number of aromatic nitrogens is 3. The third-order valence-corrected chi connectivity index (χ3v) is 29.8. The van der Waals surface area contributed by atoms with Gasteiger partial charge in [0.25, 0.3) is 0 Å². The zero-order valence-corrected chi connectivity index (χ0v) is 78.4. The molecular formula is C113H148N8O. The monoisotopic (exact) mass is 1630 g/mol. The molecule has 9 aliphatic carbocycles. The molecule has 4 aromatic heterocycles. The molecular weight excluding hydrogens is 1490 g/mol. The van der Waals surface area contributed by atoms with E-state index in [-0.39, 0.29) is 11.0 Å². The van der Waals surface area contributed by atoms with Crippen molar-refractivity contribution in [3.8, 4) is 0 Å². The first kappa shape index (κ1) is 89.1. The maximum Gasteiger partial charge on any atom is 0.158 e. The van der Waals surface area contributed by atoms with Crippen LogP contribution >= 0.6 is 0 Å². The third-order valence-electron chi connectivity index (χ3n) is 29.8. The van der Waals surface area contributed by atoms with Gasteiger partial charge >= 0.3 is 0 Å². The summed E-state index contributed by atoms with van der Waals surface area (Å²) in [6.07, 6.45) is 31.8. The largest absolute Gasteiger partial charge is 0.454 e. The molecule has 2 spiro atoms. The second kappa shape index (κ2) is 38.1. The van der Waals surface area contributed by atoms with Gasteiger partial charge in [0.05, 0.1) is 5.69 Å². The van der Waals surface area contributed by atoms with Crippen molar-refractivity contribution in [3.63, 3.8) is 0 Å². The van der Waals surface area contributed by atoms with Gasteiger partial charge in [0, 0.05) is 123 Å². The number of pyridine rings is 3. The SMILES string of the molecule is C1C2CC3CC1CC(C2)C3.CC.CC.CC.CC.Cc1ccc2c(oc3ccccc32)c1N1CC(C)(C)CC1(C)C.Cc1ccccc1N1CC(C)(C)c2cccnc21.Cc1ccccc1N1CC2(CCCCC2)c2cccnc21.Cc1ccccc1N1CC2(c3ccccc31)C1CC3CC(C1)CC2C3.Cc1ccccc1N1c2ncccc2C[C@@H]1C. The smallest absolute Gasteiger partial charge is 0.158 e. The number of rotatable bonds is 5. The first-order valence-corrected chi connectivity index (χ1v) is 48.1. The van der Waals surface area contributed by atoms with Crippen LogP contribution in [0, 0.1) is 87.4 Å². The zero-order chi connectivity index (χ0) is 86.4. The standard InChI is InChI=1S/C24H27N.C21H25NO.C19H22N2.C16H18N2.C15H16N2.C10H16.4C2H6/c1-16-6-2-4-8-22(16)25-15-24(21-7-3-5-9-23(21)25)19-11-17-10-18(13-19)14-20(24)12-17;1-14-10-11-16-15-8-6-7-9-17(15)23-19(16)18(14)22-13-20(2,3)12-21(22,4)5;1-15-8-3-4-10-17(15)21-14-19(11-5-2-6-12-19)16-9-7-13-20-18(16)21;1-12-7-4-5-9-14(12)18-11-16(2,3)13-8-6-10-17-15(13)18;1-11-6-3-4-8-14(11)17-12(2)10-13-7-5-9-16-15(13)17;1-7-2-9-4-8(1)5-10(3-7)6-9;4*1-2/h2-9,17-20H,10-15H2,1H3;6-11H,12-13H2,1-5H3;3-4,7-10,13H,2,5-6,11-12,14H2,1H3;4-10H,11H2,1-3H3;3-9,12H,10H2,1-2H3;7-10H,1-6H2;4*1-2H3/t;;;;12-;;;;;/m....0...../s1. The molecule has 25 rings (SSSR count). The molecule has 9 saturated carbocycles. The third kappa shape index (κ3) is 17.7. The molecule has 1 atom stereocenters. The number of hydrogen-bond acceptors (Lipinski definition) is 9. The second-order valence-corrected chi connectivity index (χ2v) is 39.5. The lowest BCUT2D eigenvalue weighted by Crippen LogP contribution is -2.57. The summed E-state index contributed by atoms with van der Waals surface area (Å²) >= 11 is 0. The summed E-state index contributed by atoms with van der Waals surface area (Å²) in [6.45, 7) is 47.6. The molecule has 9 heteroatoms. The Morgan fingerprint density at radius 2 is 0.787 bits per heavy atom. The van der Waals surface area contributed by atoms with Crippen LogP contribution in [0.5, 0.6) is 0 Å². The number of furan rings is 1. The lowest BCUT2D eigenvalue weighted by molar-refractivity contribution is -0.0529. The highest BCUT2D eigenvalue weighted by Crippen LogP contribution is 2.67. The summed E-state index contributed by atoms with van der Waals surface area (Å²) in [5, 5.41) is 2.43. The van der Waals surface area contributed by atoms with Crippen molar-refractivity contribution in [2.45, 2.75) is 282 Å². The molecule has 11 aromatic rings. The van der Waals surface area contributed by atoms with E-state index in [1.54, 1.807) is 44.1 Å². The highest BCUT2D eigenvalue weighted by molar-refractivity contribution is 6.09. The van der Waals surface area contributed by atoms with Gasteiger partial charge in [-0.3, -0.25) is 0 Å². The van der Waals surface area contributed by atoms with Crippen LogP contribution in [0.4, 0.5) is 51.6 Å². The molecule has 0 radical (unpaired) electrons. The van der Waals surface area contributed by atoms with Crippen LogP contribution in [0.25, 0.3) is 21.9 Å². The Morgan fingerprint density at radius 1 is 0.361 bits per heavy atom. The van der Waals surface area contributed by atoms with Gasteiger partial charge in [0.15, 0.2) is 5.58 Å². The van der Waals surface area contributed by atoms with E-state index in [2.05, 4.69) is 293 Å². The van der Waals surface area contributed by atoms with E-state index < -0.39 is 0 Å². The zero-order valence-electron chi connectivity index (χ0n) is 78.4. The Balaban J connectivity index is 0.000000119. The minimum absolute atomic E-state index is 0.140. The van der Waals surface area contributed by atoms with Crippen LogP contribution in [-0.4, -0.2) is 52.7 Å². The van der Waals surface area contributed by atoms with Gasteiger partial charge < -0.3 is 28.9 Å². The van der Waals surface area contributed by atoms with Gasteiger partial charge in [-0.2, -0.15) is 0 Å². The topological polar surface area (TPSA) is 68.0 Å². The molecule has 1 saturated heterocycles. The van der Waals surface area contributed by atoms with Gasteiger partial charge in [0.2, 0.25) is 0 Å². The molecule has 9 nitrogen and oxygen atoms in total. The van der Waals surface area contributed by atoms with Crippen LogP contribution in [0.3, 0.4) is 0 Å². The Bertz CT molecular complexity index is 5220. The number of para-hydroxylation sites is 6. The molecule has 7 aromatic carbocycles. The molecule has 0 N–H and O–H groups in total. The number of benzene rings is 7. The van der Waals surface area contributed by atoms with Crippen molar-refractivity contribution < 1.29 is 4.42 Å². The van der Waals surface area contributed by atoms with Crippen molar-refractivity contribution in [2.75, 3.05) is 50.7 Å². The summed E-state index contributed by atoms with van der Waals surface area (Å²) in [4.78, 5) is 26.2. The maximum atomic E-state index is 6.30. The van der Waals surface area contributed by atoms with Crippen LogP contribution in [-0.2, 0) is 22.7 Å². The van der Waals surface area contributed by atoms with Crippen molar-refractivity contribution in [3.05, 3.63) is 263 Å². The van der Waals surface area contributed by atoms with E-state index in [1.165, 1.54) is 196 Å². The van der Waals surface area contributed by atoms with E-state index in [4.69, 9.17) is 9.40 Å². The normalized spacial score (nSPS) is 24.8. The van der Waals surface area contributed by atoms with Crippen molar-refractivity contribution >= 4 is 73.5 Å². The van der Waals surface area contributed by atoms with Gasteiger partial charge in [-0.05, 0) is 298 Å². The Kier molecular flexibility index (Phi) is 27.8. The fourth-order valence-corrected chi connectivity index (χ4v) is 25.5. The molecule has 646 valence electrons. The average Bonchev–Trinajstić information content (AvgIpc) is 1.51. The van der Waals surface area contributed by atoms with Gasteiger partial charge in [-0.25, -0.2) is 15.0 Å². The summed E-state index contributed by atoms with van der Waals surface area (Å²) in [7, 11) is 0. The maximum absolute atomic E-state index is 6.30. The van der Waals surface area contributed by atoms with Crippen molar-refractivity contribution in [2.24, 2.45) is 52.8 Å². The van der Waals surface area contributed by atoms with E-state index >= 15 is 0 Å². The molecule has 0 amide bonds. The second-order valence-electron chi connectivity index (χ2n) is 39.5. The molecule has 8 bridgehead atoms. The minimum atomic E-state index is 0.140. The summed E-state index contributed by atoms with van der Waals surface area (Å²) < 4.78 is 6.30. The number of hydrogen-bond donors (Lipinski definition) is 0. The predicted octanol–water partition coefficient (Wildman–Crippen LogP) is 30.7. The van der Waals surface area contributed by atoms with Crippen LogP contribution in [0.2, 0.25) is 0 Å². The fraction of sp³-hybridized carbons (Fsp3) is 0.496. The summed E-state index contributed by atoms with van der Waals surface area (Å²) in [5.74, 6) is 12.0. The molecule has 14 aliphatic rings. The molecule has 10 fully saturated rings. The summed E-state index contributed by atoms with van der Waals surface area (Å²) in [6, 6.07) is 70.1. The minimum Gasteiger partial charge on any atom is -0.454 e. The van der Waals surface area contributed by atoms with Crippen LogP contribution < -0.4 is 24.5 Å². The Hall–Kier alpha value is -9.21. The van der Waals surface area contributed by atoms with Crippen molar-refractivity contribution in [1.29, 1.82) is 0 Å². The lowest BCUT2D eigenvalue weighted by atomic mass is 9.44. The molecule has 5 aliphatic heterocycles. The number of fused-ring (bicyclic) bond motifs is 8. The molecule has 9 heterocycles. The highest BCUT2D eigenvalue weighted by Gasteiger charge is 2.61. The predicted molar refractivity (Wildman–Crippen MR) is 522 cm³/mol. The van der Waals surface area contributed by atoms with E-state index in [0.717, 1.165) is 72.5 Å². The first-order chi connectivity index (χ1) is 59.1. The van der Waals surface area contributed by atoms with E-state index in [0.29, 0.717) is 22.3 Å². The Labute approximate surface area is 736 Å². The number of aryl methyl sites for hydroxylation is 5. The highest BCUT2D eigenvalue weighted by atomic mass is 16.3. The van der Waals surface area contributed by atoms with Crippen LogP contribution in [0.15, 0.2) is 217 Å². The van der Waals surface area contributed by atoms with Gasteiger partial charge in [0.1, 0.15) is 23.0 Å². The fourth-order valence-electron chi connectivity index (χ4n) is 25.5. The van der Waals surface area contributed by atoms with E-state index in [9.17, 15) is 0 Å². The quantitative estimate of drug-likeness (QED) is 0.168. The molecule has 0 unspecified atom stereocenters. The first-order valence-electron chi connectivity index (χ1n) is 48.1. The van der Waals surface area contributed by atoms with Gasteiger partial charge in [-0.1, -0.05) is 242 Å². The Morgan fingerprint density at radius 3 is 1.30 bits per heavy atom. The average molecular weight is 1630 g/mol.